The van der Waals surface area contributed by atoms with Gasteiger partial charge in [0.05, 0.1) is 29.6 Å². The van der Waals surface area contributed by atoms with Crippen LogP contribution in [0.4, 0.5) is 5.69 Å². The van der Waals surface area contributed by atoms with Crippen LogP contribution in [-0.2, 0) is 6.54 Å². The molecule has 4 heterocycles. The molecule has 0 amide bonds. The monoisotopic (exact) mass is 507 g/mol. The number of rotatable bonds is 7. The summed E-state index contributed by atoms with van der Waals surface area (Å²) in [6, 6.07) is 18.9. The third kappa shape index (κ3) is 4.49. The number of nitrogens with one attached hydrogen (secondary N) is 1. The van der Waals surface area contributed by atoms with Crippen LogP contribution in [0.25, 0.3) is 28.3 Å². The fraction of sp³-hybridized carbons (Fsp3) is 0.367. The van der Waals surface area contributed by atoms with Crippen molar-refractivity contribution in [3.8, 4) is 34.4 Å². The summed E-state index contributed by atoms with van der Waals surface area (Å²) in [7, 11) is 0. The topological polar surface area (TPSA) is 94.9 Å². The SMILES string of the molecule is CC(C)[C@@H](CO)NC[C@@H]1CCN(c2ccc3c(c2)Cn2cc(-c4ccc(C#N)cc4)cc2-c2nncn2-3)C1. The Hall–Kier alpha value is -3.93. The molecule has 1 fully saturated rings. The first-order valence-corrected chi connectivity index (χ1v) is 13.4. The van der Waals surface area contributed by atoms with E-state index in [0.29, 0.717) is 17.4 Å². The standard InChI is InChI=1S/C30H33N7O/c1-20(2)27(18-38)32-14-22-9-10-35(15-22)26-7-8-28-25(11-26)17-36-16-24(23-5-3-21(13-31)4-6-23)12-29(36)30-34-33-19-37(28)30/h3-8,11-12,16,19-20,22,27,32,38H,9-10,14-15,17-18H2,1-2H3/t22-,27+/m0/s1. The summed E-state index contributed by atoms with van der Waals surface area (Å²) in [4.78, 5) is 2.48. The molecule has 2 atom stereocenters. The number of aliphatic hydroxyl groups excluding tert-OH is 1. The number of fused-ring (bicyclic) bond motifs is 5. The first-order chi connectivity index (χ1) is 18.5. The Morgan fingerprint density at radius 2 is 1.97 bits per heavy atom. The third-order valence-corrected chi connectivity index (χ3v) is 8.01. The third-order valence-electron chi connectivity index (χ3n) is 8.01. The molecule has 1 saturated heterocycles. The highest BCUT2D eigenvalue weighted by Gasteiger charge is 2.26. The zero-order valence-electron chi connectivity index (χ0n) is 21.9. The van der Waals surface area contributed by atoms with E-state index in [1.807, 2.05) is 24.3 Å². The Bertz CT molecular complexity index is 1480. The van der Waals surface area contributed by atoms with E-state index in [-0.39, 0.29) is 12.6 Å². The second-order valence-corrected chi connectivity index (χ2v) is 10.8. The maximum absolute atomic E-state index is 9.65. The van der Waals surface area contributed by atoms with E-state index in [1.54, 1.807) is 6.33 Å². The van der Waals surface area contributed by atoms with Crippen molar-refractivity contribution in [1.29, 1.82) is 5.26 Å². The van der Waals surface area contributed by atoms with Crippen molar-refractivity contribution in [2.24, 2.45) is 11.8 Å². The van der Waals surface area contributed by atoms with Crippen LogP contribution in [-0.4, -0.2) is 56.7 Å². The van der Waals surface area contributed by atoms with Gasteiger partial charge >= 0.3 is 0 Å². The lowest BCUT2D eigenvalue weighted by Crippen LogP contribution is -2.40. The van der Waals surface area contributed by atoms with Gasteiger partial charge in [0.2, 0.25) is 0 Å². The summed E-state index contributed by atoms with van der Waals surface area (Å²) in [5.41, 5.74) is 7.42. The molecule has 0 aliphatic carbocycles. The zero-order valence-corrected chi connectivity index (χ0v) is 21.9. The van der Waals surface area contributed by atoms with Crippen molar-refractivity contribution in [1.82, 2.24) is 24.6 Å². The first-order valence-electron chi connectivity index (χ1n) is 13.4. The predicted molar refractivity (Wildman–Crippen MR) is 148 cm³/mol. The number of nitrogens with zero attached hydrogens (tertiary/aromatic N) is 6. The molecule has 8 nitrogen and oxygen atoms in total. The van der Waals surface area contributed by atoms with Gasteiger partial charge in [-0.25, -0.2) is 0 Å². The van der Waals surface area contributed by atoms with Crippen molar-refractivity contribution in [3.63, 3.8) is 0 Å². The average Bonchev–Trinajstić information content (AvgIpc) is 3.68. The lowest BCUT2D eigenvalue weighted by Gasteiger charge is -2.23. The number of aliphatic hydroxyl groups is 1. The molecule has 2 aromatic carbocycles. The second-order valence-electron chi connectivity index (χ2n) is 10.8. The van der Waals surface area contributed by atoms with E-state index in [2.05, 4.69) is 79.9 Å². The molecular weight excluding hydrogens is 474 g/mol. The summed E-state index contributed by atoms with van der Waals surface area (Å²) in [6.07, 6.45) is 5.11. The van der Waals surface area contributed by atoms with Gasteiger partial charge in [0.15, 0.2) is 5.82 Å². The van der Waals surface area contributed by atoms with E-state index in [1.165, 1.54) is 11.3 Å². The van der Waals surface area contributed by atoms with Gasteiger partial charge in [-0.05, 0) is 65.8 Å². The lowest BCUT2D eigenvalue weighted by atomic mass is 10.0. The number of hydrogen-bond donors (Lipinski definition) is 2. The van der Waals surface area contributed by atoms with Crippen LogP contribution in [0.2, 0.25) is 0 Å². The van der Waals surface area contributed by atoms with Crippen molar-refractivity contribution in [2.75, 3.05) is 31.1 Å². The number of nitriles is 1. The fourth-order valence-corrected chi connectivity index (χ4v) is 5.69. The maximum Gasteiger partial charge on any atom is 0.185 e. The highest BCUT2D eigenvalue weighted by Crippen LogP contribution is 2.35. The molecule has 2 aliphatic heterocycles. The normalized spacial score (nSPS) is 17.0. The summed E-state index contributed by atoms with van der Waals surface area (Å²) in [5, 5.41) is 31.1. The van der Waals surface area contributed by atoms with Crippen molar-refractivity contribution in [3.05, 3.63) is 72.2 Å². The van der Waals surface area contributed by atoms with Crippen LogP contribution >= 0.6 is 0 Å². The Balaban J connectivity index is 1.26. The van der Waals surface area contributed by atoms with Gasteiger partial charge in [-0.1, -0.05) is 26.0 Å². The number of hydrogen-bond acceptors (Lipinski definition) is 6. The average molecular weight is 508 g/mol. The molecular formula is C30H33N7O. The smallest absolute Gasteiger partial charge is 0.185 e. The molecule has 2 aliphatic rings. The van der Waals surface area contributed by atoms with Gasteiger partial charge in [-0.15, -0.1) is 10.2 Å². The minimum atomic E-state index is 0.152. The highest BCUT2D eigenvalue weighted by molar-refractivity contribution is 5.72. The molecule has 38 heavy (non-hydrogen) atoms. The summed E-state index contributed by atoms with van der Waals surface area (Å²) in [5.74, 6) is 1.81. The van der Waals surface area contributed by atoms with Gasteiger partial charge in [0, 0.05) is 49.7 Å². The molecule has 8 heteroatoms. The summed E-state index contributed by atoms with van der Waals surface area (Å²) >= 11 is 0. The van der Waals surface area contributed by atoms with E-state index < -0.39 is 0 Å². The van der Waals surface area contributed by atoms with E-state index >= 15 is 0 Å². The first kappa shape index (κ1) is 24.4. The van der Waals surface area contributed by atoms with Crippen molar-refractivity contribution < 1.29 is 5.11 Å². The Morgan fingerprint density at radius 1 is 1.13 bits per heavy atom. The molecule has 194 valence electrons. The van der Waals surface area contributed by atoms with Crippen molar-refractivity contribution >= 4 is 5.69 Å². The van der Waals surface area contributed by atoms with Gasteiger partial charge in [0.1, 0.15) is 6.33 Å². The van der Waals surface area contributed by atoms with Crippen LogP contribution in [0, 0.1) is 23.2 Å². The number of anilines is 1. The molecule has 0 spiro atoms. The second kappa shape index (κ2) is 10.1. The van der Waals surface area contributed by atoms with Gasteiger partial charge < -0.3 is 19.9 Å². The molecule has 6 rings (SSSR count). The van der Waals surface area contributed by atoms with Crippen molar-refractivity contribution in [2.45, 2.75) is 32.9 Å². The molecule has 2 N–H and O–H groups in total. The Labute approximate surface area is 223 Å². The van der Waals surface area contributed by atoms with E-state index in [9.17, 15) is 5.11 Å². The largest absolute Gasteiger partial charge is 0.395 e. The Kier molecular flexibility index (Phi) is 6.48. The van der Waals surface area contributed by atoms with E-state index in [4.69, 9.17) is 5.26 Å². The minimum Gasteiger partial charge on any atom is -0.395 e. The molecule has 0 saturated carbocycles. The molecule has 0 bridgehead atoms. The lowest BCUT2D eigenvalue weighted by molar-refractivity contribution is 0.206. The molecule has 4 aromatic rings. The van der Waals surface area contributed by atoms with Crippen LogP contribution in [0.5, 0.6) is 0 Å². The van der Waals surface area contributed by atoms with Gasteiger partial charge in [0.25, 0.3) is 0 Å². The maximum atomic E-state index is 9.65. The van der Waals surface area contributed by atoms with Crippen LogP contribution in [0.15, 0.2) is 61.1 Å². The Morgan fingerprint density at radius 3 is 2.74 bits per heavy atom. The van der Waals surface area contributed by atoms with Crippen LogP contribution in [0.1, 0.15) is 31.4 Å². The quantitative estimate of drug-likeness (QED) is 0.345. The van der Waals surface area contributed by atoms with Gasteiger partial charge in [-0.3, -0.25) is 4.57 Å². The summed E-state index contributed by atoms with van der Waals surface area (Å²) in [6.45, 7) is 8.19. The predicted octanol–water partition coefficient (Wildman–Crippen LogP) is 4.07. The summed E-state index contributed by atoms with van der Waals surface area (Å²) < 4.78 is 4.33. The number of benzene rings is 2. The molecule has 0 unspecified atom stereocenters. The molecule has 2 aromatic heterocycles. The van der Waals surface area contributed by atoms with E-state index in [0.717, 1.165) is 60.9 Å². The number of aromatic nitrogens is 4. The van der Waals surface area contributed by atoms with Crippen LogP contribution < -0.4 is 10.2 Å². The van der Waals surface area contributed by atoms with Crippen LogP contribution in [0.3, 0.4) is 0 Å². The zero-order chi connectivity index (χ0) is 26.2. The fourth-order valence-electron chi connectivity index (χ4n) is 5.69. The highest BCUT2D eigenvalue weighted by atomic mass is 16.3. The van der Waals surface area contributed by atoms with Gasteiger partial charge in [-0.2, -0.15) is 5.26 Å². The molecule has 0 radical (unpaired) electrons. The minimum absolute atomic E-state index is 0.152.